The molecule has 1 fully saturated rings. The average molecular weight is 400 g/mol. The Kier molecular flexibility index (Phi) is 7.13. The Labute approximate surface area is 148 Å². The number of alkyl halides is 5. The fourth-order valence-electron chi connectivity index (χ4n) is 1.59. The van der Waals surface area contributed by atoms with Gasteiger partial charge in [0.15, 0.2) is 12.7 Å². The lowest BCUT2D eigenvalue weighted by Crippen LogP contribution is -2.39. The maximum Gasteiger partial charge on any atom is 0.490 e. The highest BCUT2D eigenvalue weighted by Crippen LogP contribution is 2.41. The molecule has 1 saturated carbocycles. The minimum absolute atomic E-state index is 0.0858. The molecule has 0 saturated heterocycles. The van der Waals surface area contributed by atoms with E-state index >= 15 is 0 Å². The third kappa shape index (κ3) is 7.50. The monoisotopic (exact) mass is 400 g/mol. The van der Waals surface area contributed by atoms with Gasteiger partial charge in [-0.05, 0) is 5.10 Å². The van der Waals surface area contributed by atoms with Crippen LogP contribution in [0.5, 0.6) is 0 Å². The molecule has 13 heteroatoms. The number of methoxy groups -OCH3 is 1. The van der Waals surface area contributed by atoms with Gasteiger partial charge in [-0.1, -0.05) is 4.68 Å². The van der Waals surface area contributed by atoms with Gasteiger partial charge in [-0.3, -0.25) is 9.59 Å². The largest absolute Gasteiger partial charge is 0.490 e. The molecule has 1 aromatic heterocycles. The lowest BCUT2D eigenvalue weighted by Gasteiger charge is -2.02. The van der Waals surface area contributed by atoms with Gasteiger partial charge in [0.25, 0.3) is 11.8 Å². The first-order chi connectivity index (χ1) is 12.4. The van der Waals surface area contributed by atoms with Crippen LogP contribution in [0.2, 0.25) is 0 Å². The van der Waals surface area contributed by atoms with Crippen molar-refractivity contribution in [3.05, 3.63) is 24.0 Å². The molecule has 0 radical (unpaired) electrons. The van der Waals surface area contributed by atoms with Gasteiger partial charge in [0.2, 0.25) is 0 Å². The molecule has 0 bridgehead atoms. The fourth-order valence-corrected chi connectivity index (χ4v) is 1.59. The molecule has 27 heavy (non-hydrogen) atoms. The van der Waals surface area contributed by atoms with Crippen molar-refractivity contribution in [2.45, 2.75) is 37.5 Å². The third-order valence-corrected chi connectivity index (χ3v) is 3.14. The van der Waals surface area contributed by atoms with Crippen LogP contribution in [-0.4, -0.2) is 53.3 Å². The van der Waals surface area contributed by atoms with Crippen LogP contribution in [0.4, 0.5) is 22.0 Å². The predicted molar refractivity (Wildman–Crippen MR) is 75.6 cm³/mol. The number of aliphatic carboxylic acids is 1. The Bertz CT molecular complexity index is 693. The summed E-state index contributed by atoms with van der Waals surface area (Å²) < 4.78 is 62.9. The standard InChI is InChI=1S/C11H11F2N3O3.C3H3F3O2/c12-11(13)5-8(11)15-10(19)7-1-3-16(14-6-7)4-2-9(17)18;1-8-2(7)3(4,5)6/h1,3,6,8H,2,4-5H2,(H-,15,17,18,19);1H3/p+1. The van der Waals surface area contributed by atoms with Gasteiger partial charge in [0.1, 0.15) is 12.6 Å². The minimum Gasteiger partial charge on any atom is -0.481 e. The second kappa shape index (κ2) is 8.68. The second-order valence-electron chi connectivity index (χ2n) is 5.30. The summed E-state index contributed by atoms with van der Waals surface area (Å²) >= 11 is 0. The number of ether oxygens (including phenoxy) is 1. The van der Waals surface area contributed by atoms with E-state index in [1.54, 1.807) is 0 Å². The van der Waals surface area contributed by atoms with Crippen molar-refractivity contribution >= 4 is 17.8 Å². The first-order valence-electron chi connectivity index (χ1n) is 7.28. The normalized spacial score (nSPS) is 17.2. The lowest BCUT2D eigenvalue weighted by atomic mass is 10.3. The van der Waals surface area contributed by atoms with Crippen LogP contribution in [0, 0.1) is 0 Å². The predicted octanol–water partition coefficient (Wildman–Crippen LogP) is 0.703. The van der Waals surface area contributed by atoms with Crippen molar-refractivity contribution in [2.24, 2.45) is 0 Å². The Morgan fingerprint density at radius 3 is 2.33 bits per heavy atom. The zero-order chi connectivity index (χ0) is 20.8. The summed E-state index contributed by atoms with van der Waals surface area (Å²) in [4.78, 5) is 31.4. The van der Waals surface area contributed by atoms with E-state index in [0.717, 1.165) is 0 Å². The number of carboxylic acids is 1. The van der Waals surface area contributed by atoms with Gasteiger partial charge in [0.05, 0.1) is 18.7 Å². The molecule has 1 atom stereocenters. The number of esters is 1. The molecule has 0 spiro atoms. The molecule has 0 aromatic carbocycles. The van der Waals surface area contributed by atoms with Crippen molar-refractivity contribution in [1.29, 1.82) is 0 Å². The number of aromatic nitrogens is 2. The first-order valence-corrected chi connectivity index (χ1v) is 7.28. The molecule has 2 N–H and O–H groups in total. The first kappa shape index (κ1) is 22.2. The fraction of sp³-hybridized carbons (Fsp3) is 0.500. The van der Waals surface area contributed by atoms with Gasteiger partial charge >= 0.3 is 18.1 Å². The molecule has 1 heterocycles. The smallest absolute Gasteiger partial charge is 0.481 e. The number of aryl methyl sites for hydroxylation is 1. The van der Waals surface area contributed by atoms with E-state index in [9.17, 15) is 36.3 Å². The molecule has 1 unspecified atom stereocenters. The number of rotatable bonds is 5. The molecule has 2 rings (SSSR count). The molecule has 1 aliphatic rings. The average Bonchev–Trinajstić information content (AvgIpc) is 3.18. The van der Waals surface area contributed by atoms with Crippen LogP contribution < -0.4 is 10.00 Å². The highest BCUT2D eigenvalue weighted by atomic mass is 19.4. The van der Waals surface area contributed by atoms with E-state index in [4.69, 9.17) is 5.11 Å². The van der Waals surface area contributed by atoms with Gasteiger partial charge in [-0.15, -0.1) is 0 Å². The number of nitrogens with zero attached hydrogens (tertiary/aromatic N) is 2. The molecule has 8 nitrogen and oxygen atoms in total. The van der Waals surface area contributed by atoms with Crippen molar-refractivity contribution in [3.63, 3.8) is 0 Å². The van der Waals surface area contributed by atoms with Crippen LogP contribution in [0.25, 0.3) is 0 Å². The third-order valence-electron chi connectivity index (χ3n) is 3.14. The van der Waals surface area contributed by atoms with E-state index in [0.29, 0.717) is 7.11 Å². The SMILES string of the molecule is COC(=O)C(F)(F)F.O=C(O)CC[n+]1ccc(C(=O)NC2CC2(F)F)cn1. The van der Waals surface area contributed by atoms with E-state index in [2.05, 4.69) is 15.2 Å². The maximum atomic E-state index is 12.6. The molecule has 1 aromatic rings. The maximum absolute atomic E-state index is 12.6. The summed E-state index contributed by atoms with van der Waals surface area (Å²) in [6.07, 6.45) is -2.62. The molecular weight excluding hydrogens is 385 g/mol. The zero-order valence-electron chi connectivity index (χ0n) is 13.8. The Balaban J connectivity index is 0.000000387. The lowest BCUT2D eigenvalue weighted by molar-refractivity contribution is -0.753. The van der Waals surface area contributed by atoms with Crippen LogP contribution in [0.3, 0.4) is 0 Å². The van der Waals surface area contributed by atoms with Gasteiger partial charge in [0, 0.05) is 12.5 Å². The van der Waals surface area contributed by atoms with E-state index in [1.807, 2.05) is 0 Å². The van der Waals surface area contributed by atoms with Crippen molar-refractivity contribution in [2.75, 3.05) is 7.11 Å². The number of nitrogens with one attached hydrogen (secondary N) is 1. The second-order valence-corrected chi connectivity index (χ2v) is 5.30. The molecule has 1 amide bonds. The zero-order valence-corrected chi connectivity index (χ0v) is 13.8. The van der Waals surface area contributed by atoms with E-state index < -0.39 is 36.0 Å². The highest BCUT2D eigenvalue weighted by molar-refractivity contribution is 5.94. The minimum atomic E-state index is -4.85. The number of carbonyl (C=O) groups excluding carboxylic acids is 2. The molecule has 0 aliphatic heterocycles. The van der Waals surface area contributed by atoms with Crippen molar-refractivity contribution in [1.82, 2.24) is 10.4 Å². The van der Waals surface area contributed by atoms with E-state index in [1.165, 1.54) is 23.1 Å². The Morgan fingerprint density at radius 2 is 2.00 bits per heavy atom. The van der Waals surface area contributed by atoms with Crippen LogP contribution in [0.1, 0.15) is 23.2 Å². The molecule has 1 aliphatic carbocycles. The van der Waals surface area contributed by atoms with Gasteiger partial charge in [-0.25, -0.2) is 13.6 Å². The van der Waals surface area contributed by atoms with E-state index in [-0.39, 0.29) is 24.9 Å². The molecular formula is C14H15F5N3O5+. The van der Waals surface area contributed by atoms with Gasteiger partial charge in [-0.2, -0.15) is 13.2 Å². The summed E-state index contributed by atoms with van der Waals surface area (Å²) in [5.74, 6) is -6.54. The van der Waals surface area contributed by atoms with Crippen molar-refractivity contribution in [3.8, 4) is 0 Å². The number of halogens is 5. The van der Waals surface area contributed by atoms with Gasteiger partial charge < -0.3 is 15.2 Å². The van der Waals surface area contributed by atoms with Crippen LogP contribution in [-0.2, 0) is 20.9 Å². The Morgan fingerprint density at radius 1 is 1.41 bits per heavy atom. The van der Waals surface area contributed by atoms with Crippen LogP contribution >= 0.6 is 0 Å². The summed E-state index contributed by atoms with van der Waals surface area (Å²) in [7, 11) is 0.676. The number of hydrogen-bond acceptors (Lipinski definition) is 5. The van der Waals surface area contributed by atoms with Crippen LogP contribution in [0.15, 0.2) is 18.5 Å². The summed E-state index contributed by atoms with van der Waals surface area (Å²) in [5.41, 5.74) is 0.161. The topological polar surface area (TPSA) is 109 Å². The number of hydrogen-bond donors (Lipinski definition) is 2. The molecule has 150 valence electrons. The number of amides is 1. The quantitative estimate of drug-likeness (QED) is 0.428. The highest BCUT2D eigenvalue weighted by Gasteiger charge is 2.57. The summed E-state index contributed by atoms with van der Waals surface area (Å²) in [6, 6.07) is 0.310. The summed E-state index contributed by atoms with van der Waals surface area (Å²) in [6.45, 7) is 0.179. The number of carboxylic acid groups (broad SMARTS) is 1. The van der Waals surface area contributed by atoms with Crippen molar-refractivity contribution < 1.29 is 50.9 Å². The Hall–Kier alpha value is -2.86. The summed E-state index contributed by atoms with van der Waals surface area (Å²) in [5, 5.41) is 14.5. The number of carbonyl (C=O) groups is 3.